The van der Waals surface area contributed by atoms with Crippen molar-refractivity contribution >= 4 is 0 Å². The van der Waals surface area contributed by atoms with Crippen LogP contribution >= 0.6 is 0 Å². The first kappa shape index (κ1) is 12.3. The number of hydrogen-bond donors (Lipinski definition) is 2. The van der Waals surface area contributed by atoms with Gasteiger partial charge in [-0.15, -0.1) is 0 Å². The molecule has 1 aromatic heterocycles. The van der Waals surface area contributed by atoms with Crippen LogP contribution in [-0.2, 0) is 5.41 Å². The summed E-state index contributed by atoms with van der Waals surface area (Å²) < 4.78 is 0. The molecule has 1 unspecified atom stereocenters. The largest absolute Gasteiger partial charge is 0.271 e. The van der Waals surface area contributed by atoms with Crippen molar-refractivity contribution in [1.82, 2.24) is 10.4 Å². The molecule has 0 amide bonds. The Balaban J connectivity index is 1.99. The van der Waals surface area contributed by atoms with Crippen LogP contribution in [0.15, 0.2) is 48.8 Å². The summed E-state index contributed by atoms with van der Waals surface area (Å²) in [7, 11) is 0. The maximum absolute atomic E-state index is 5.84. The average molecular weight is 253 g/mol. The second kappa shape index (κ2) is 4.76. The van der Waals surface area contributed by atoms with E-state index >= 15 is 0 Å². The molecule has 0 aliphatic heterocycles. The van der Waals surface area contributed by atoms with Gasteiger partial charge in [0, 0.05) is 17.8 Å². The van der Waals surface area contributed by atoms with Gasteiger partial charge in [0.05, 0.1) is 6.04 Å². The monoisotopic (exact) mass is 253 g/mol. The van der Waals surface area contributed by atoms with Crippen LogP contribution in [0, 0.1) is 6.92 Å². The van der Waals surface area contributed by atoms with E-state index in [1.54, 1.807) is 0 Å². The highest BCUT2D eigenvalue weighted by atomic mass is 15.2. The van der Waals surface area contributed by atoms with Gasteiger partial charge >= 0.3 is 0 Å². The van der Waals surface area contributed by atoms with E-state index in [0.717, 1.165) is 0 Å². The number of benzene rings is 1. The van der Waals surface area contributed by atoms with Gasteiger partial charge in [-0.3, -0.25) is 16.3 Å². The van der Waals surface area contributed by atoms with Crippen molar-refractivity contribution in [2.24, 2.45) is 5.84 Å². The van der Waals surface area contributed by atoms with Crippen LogP contribution in [0.25, 0.3) is 0 Å². The molecule has 19 heavy (non-hydrogen) atoms. The Morgan fingerprint density at radius 2 is 1.95 bits per heavy atom. The number of hydrazine groups is 1. The Morgan fingerprint density at radius 3 is 2.53 bits per heavy atom. The standard InChI is InChI=1S/C16H19N3/c1-12-9-13(11-18-10-12)15(19-17)16(7-8-16)14-5-3-2-4-6-14/h2-6,9-11,15,19H,7-8,17H2,1H3. The number of rotatable bonds is 4. The van der Waals surface area contributed by atoms with Gasteiger partial charge in [-0.1, -0.05) is 36.4 Å². The highest BCUT2D eigenvalue weighted by Gasteiger charge is 2.51. The van der Waals surface area contributed by atoms with Crippen LogP contribution in [0.3, 0.4) is 0 Å². The fraction of sp³-hybridized carbons (Fsp3) is 0.312. The second-order valence-electron chi connectivity index (χ2n) is 5.42. The Labute approximate surface area is 113 Å². The molecule has 0 radical (unpaired) electrons. The molecule has 1 atom stereocenters. The first-order valence-corrected chi connectivity index (χ1v) is 6.69. The normalized spacial score (nSPS) is 18.0. The maximum Gasteiger partial charge on any atom is 0.0571 e. The van der Waals surface area contributed by atoms with Crippen molar-refractivity contribution in [2.75, 3.05) is 0 Å². The second-order valence-corrected chi connectivity index (χ2v) is 5.42. The lowest BCUT2D eigenvalue weighted by Gasteiger charge is -2.27. The van der Waals surface area contributed by atoms with Gasteiger partial charge in [-0.2, -0.15) is 0 Å². The summed E-state index contributed by atoms with van der Waals surface area (Å²) in [6.45, 7) is 2.06. The highest BCUT2D eigenvalue weighted by Crippen LogP contribution is 2.56. The number of hydrogen-bond acceptors (Lipinski definition) is 3. The molecule has 1 saturated carbocycles. The van der Waals surface area contributed by atoms with Crippen LogP contribution in [0.2, 0.25) is 0 Å². The van der Waals surface area contributed by atoms with Gasteiger partial charge in [0.2, 0.25) is 0 Å². The molecule has 98 valence electrons. The van der Waals surface area contributed by atoms with E-state index in [-0.39, 0.29) is 11.5 Å². The van der Waals surface area contributed by atoms with E-state index in [9.17, 15) is 0 Å². The van der Waals surface area contributed by atoms with Crippen LogP contribution < -0.4 is 11.3 Å². The lowest BCUT2D eigenvalue weighted by molar-refractivity contribution is 0.438. The summed E-state index contributed by atoms with van der Waals surface area (Å²) in [6.07, 6.45) is 6.12. The van der Waals surface area contributed by atoms with Gasteiger partial charge < -0.3 is 0 Å². The van der Waals surface area contributed by atoms with Crippen molar-refractivity contribution in [2.45, 2.75) is 31.2 Å². The smallest absolute Gasteiger partial charge is 0.0571 e. The number of aromatic nitrogens is 1. The molecule has 3 rings (SSSR count). The molecule has 3 N–H and O–H groups in total. The lowest BCUT2D eigenvalue weighted by Crippen LogP contribution is -2.36. The molecule has 0 bridgehead atoms. The Bertz CT molecular complexity index is 561. The van der Waals surface area contributed by atoms with Crippen molar-refractivity contribution in [3.8, 4) is 0 Å². The van der Waals surface area contributed by atoms with E-state index in [1.165, 1.54) is 29.5 Å². The Kier molecular flexibility index (Phi) is 3.09. The third-order valence-corrected chi connectivity index (χ3v) is 4.09. The number of nitrogens with one attached hydrogen (secondary N) is 1. The predicted molar refractivity (Wildman–Crippen MR) is 76.4 cm³/mol. The molecule has 0 spiro atoms. The van der Waals surface area contributed by atoms with Crippen molar-refractivity contribution in [3.05, 3.63) is 65.5 Å². The Hall–Kier alpha value is -1.71. The van der Waals surface area contributed by atoms with Gasteiger partial charge in [0.25, 0.3) is 0 Å². The third kappa shape index (κ3) is 2.15. The van der Waals surface area contributed by atoms with E-state index in [1.807, 2.05) is 12.4 Å². The minimum absolute atomic E-state index is 0.127. The first-order chi connectivity index (χ1) is 9.26. The summed E-state index contributed by atoms with van der Waals surface area (Å²) >= 11 is 0. The average Bonchev–Trinajstić information content (AvgIpc) is 3.22. The fourth-order valence-corrected chi connectivity index (χ4v) is 2.96. The first-order valence-electron chi connectivity index (χ1n) is 6.69. The van der Waals surface area contributed by atoms with E-state index in [2.05, 4.69) is 53.7 Å². The number of aryl methyl sites for hydroxylation is 1. The van der Waals surface area contributed by atoms with Crippen molar-refractivity contribution < 1.29 is 0 Å². The van der Waals surface area contributed by atoms with E-state index in [4.69, 9.17) is 5.84 Å². The van der Waals surface area contributed by atoms with E-state index < -0.39 is 0 Å². The predicted octanol–water partition coefficient (Wildman–Crippen LogP) is 2.63. The minimum Gasteiger partial charge on any atom is -0.271 e. The molecule has 1 aliphatic rings. The van der Waals surface area contributed by atoms with Gasteiger partial charge in [-0.05, 0) is 36.5 Å². The molecule has 1 fully saturated rings. The minimum atomic E-state index is 0.127. The zero-order valence-electron chi connectivity index (χ0n) is 11.1. The lowest BCUT2D eigenvalue weighted by atomic mass is 9.84. The van der Waals surface area contributed by atoms with Crippen LogP contribution in [-0.4, -0.2) is 4.98 Å². The fourth-order valence-electron chi connectivity index (χ4n) is 2.96. The van der Waals surface area contributed by atoms with Crippen LogP contribution in [0.4, 0.5) is 0 Å². The third-order valence-electron chi connectivity index (χ3n) is 4.09. The molecule has 3 heteroatoms. The zero-order valence-corrected chi connectivity index (χ0v) is 11.1. The molecule has 1 heterocycles. The summed E-state index contributed by atoms with van der Waals surface area (Å²) in [5.74, 6) is 5.84. The van der Waals surface area contributed by atoms with E-state index in [0.29, 0.717) is 0 Å². The molecular formula is C16H19N3. The molecule has 2 aromatic rings. The van der Waals surface area contributed by atoms with Crippen molar-refractivity contribution in [3.63, 3.8) is 0 Å². The summed E-state index contributed by atoms with van der Waals surface area (Å²) in [5, 5.41) is 0. The molecular weight excluding hydrogens is 234 g/mol. The summed E-state index contributed by atoms with van der Waals surface area (Å²) in [5.41, 5.74) is 6.84. The topological polar surface area (TPSA) is 50.9 Å². The molecule has 1 aliphatic carbocycles. The summed E-state index contributed by atoms with van der Waals surface area (Å²) in [6, 6.07) is 12.9. The maximum atomic E-state index is 5.84. The number of nitrogens with zero attached hydrogens (tertiary/aromatic N) is 1. The molecule has 1 aromatic carbocycles. The van der Waals surface area contributed by atoms with Crippen molar-refractivity contribution in [1.29, 1.82) is 0 Å². The SMILES string of the molecule is Cc1cncc(C(NN)C2(c3ccccc3)CC2)c1. The Morgan fingerprint density at radius 1 is 1.21 bits per heavy atom. The van der Waals surface area contributed by atoms with Crippen LogP contribution in [0.1, 0.15) is 35.6 Å². The number of nitrogens with two attached hydrogens (primary N) is 1. The van der Waals surface area contributed by atoms with Gasteiger partial charge in [0.15, 0.2) is 0 Å². The summed E-state index contributed by atoms with van der Waals surface area (Å²) in [4.78, 5) is 4.29. The highest BCUT2D eigenvalue weighted by molar-refractivity contribution is 5.38. The van der Waals surface area contributed by atoms with Gasteiger partial charge in [0.1, 0.15) is 0 Å². The van der Waals surface area contributed by atoms with Gasteiger partial charge in [-0.25, -0.2) is 0 Å². The zero-order chi connectivity index (χ0) is 13.3. The number of pyridine rings is 1. The molecule has 3 nitrogen and oxygen atoms in total. The quantitative estimate of drug-likeness (QED) is 0.650. The van der Waals surface area contributed by atoms with Crippen LogP contribution in [0.5, 0.6) is 0 Å². The molecule has 0 saturated heterocycles.